The number of alkyl halides is 1. The highest BCUT2D eigenvalue weighted by Crippen LogP contribution is 2.43. The maximum Gasteiger partial charge on any atom is 0.411 e. The molecular formula is C22H24BrF2NO2. The third-order valence-electron chi connectivity index (χ3n) is 5.17. The van der Waals surface area contributed by atoms with Gasteiger partial charge >= 0.3 is 6.09 Å². The Balaban J connectivity index is 1.87. The van der Waals surface area contributed by atoms with Crippen molar-refractivity contribution in [2.75, 3.05) is 6.54 Å². The molecule has 1 unspecified atom stereocenters. The molecule has 2 aromatic carbocycles. The molecule has 1 amide bonds. The van der Waals surface area contributed by atoms with Crippen molar-refractivity contribution in [2.24, 2.45) is 0 Å². The molecule has 0 saturated carbocycles. The smallest absolute Gasteiger partial charge is 0.411 e. The second-order valence-corrected chi connectivity index (χ2v) is 8.85. The minimum absolute atomic E-state index is 0.0118. The van der Waals surface area contributed by atoms with Crippen molar-refractivity contribution >= 4 is 22.0 Å². The first kappa shape index (κ1) is 20.8. The first-order valence-electron chi connectivity index (χ1n) is 9.30. The van der Waals surface area contributed by atoms with Gasteiger partial charge in [-0.2, -0.15) is 0 Å². The van der Waals surface area contributed by atoms with Crippen LogP contribution in [0.2, 0.25) is 0 Å². The van der Waals surface area contributed by atoms with Gasteiger partial charge in [0, 0.05) is 23.9 Å². The normalized spacial score (nSPS) is 21.4. The number of halogens is 3. The molecule has 1 aliphatic heterocycles. The van der Waals surface area contributed by atoms with E-state index in [-0.39, 0.29) is 18.3 Å². The highest BCUT2D eigenvalue weighted by Gasteiger charge is 2.46. The molecule has 1 saturated heterocycles. The maximum atomic E-state index is 14.6. The minimum Gasteiger partial charge on any atom is -0.438 e. The molecule has 1 aliphatic rings. The molecule has 28 heavy (non-hydrogen) atoms. The zero-order valence-corrected chi connectivity index (χ0v) is 17.8. The lowest BCUT2D eigenvalue weighted by Gasteiger charge is -2.45. The number of benzene rings is 2. The van der Waals surface area contributed by atoms with Crippen LogP contribution in [0.3, 0.4) is 0 Å². The molecule has 6 heteroatoms. The van der Waals surface area contributed by atoms with Crippen molar-refractivity contribution < 1.29 is 18.3 Å². The number of cyclic esters (lactones) is 1. The fourth-order valence-corrected chi connectivity index (χ4v) is 4.07. The van der Waals surface area contributed by atoms with Crippen LogP contribution in [0.25, 0.3) is 0 Å². The average Bonchev–Trinajstić information content (AvgIpc) is 2.61. The van der Waals surface area contributed by atoms with Gasteiger partial charge in [-0.05, 0) is 56.2 Å². The van der Waals surface area contributed by atoms with Crippen LogP contribution < -0.4 is 0 Å². The molecular weight excluding hydrogens is 428 g/mol. The summed E-state index contributed by atoms with van der Waals surface area (Å²) < 4.78 is 34.8. The summed E-state index contributed by atoms with van der Waals surface area (Å²) in [6.07, 6.45) is -0.0496. The Bertz CT molecular complexity index is 833. The molecule has 1 heterocycles. The van der Waals surface area contributed by atoms with Gasteiger partial charge in [-0.1, -0.05) is 40.2 Å². The SMILES string of the molecule is C[C@@H](c1ccc(Br)cc1)N1CCC(CC(C)(C)F)(c2ccc(F)cc2)OC1=O. The van der Waals surface area contributed by atoms with Crippen LogP contribution in [0.5, 0.6) is 0 Å². The minimum atomic E-state index is -1.55. The van der Waals surface area contributed by atoms with Crippen LogP contribution in [-0.2, 0) is 10.3 Å². The molecule has 0 bridgehead atoms. The van der Waals surface area contributed by atoms with Crippen molar-refractivity contribution in [2.45, 2.75) is 50.9 Å². The first-order chi connectivity index (χ1) is 13.1. The van der Waals surface area contributed by atoms with Crippen LogP contribution in [0.1, 0.15) is 50.8 Å². The van der Waals surface area contributed by atoms with Crippen molar-refractivity contribution in [3.05, 3.63) is 69.9 Å². The molecule has 2 atom stereocenters. The zero-order chi connectivity index (χ0) is 20.5. The average molecular weight is 452 g/mol. The summed E-state index contributed by atoms with van der Waals surface area (Å²) in [6, 6.07) is 13.4. The van der Waals surface area contributed by atoms with E-state index in [9.17, 15) is 13.6 Å². The number of carbonyl (C=O) groups is 1. The summed E-state index contributed by atoms with van der Waals surface area (Å²) >= 11 is 3.41. The topological polar surface area (TPSA) is 29.5 Å². The Kier molecular flexibility index (Phi) is 5.80. The monoisotopic (exact) mass is 451 g/mol. The second kappa shape index (κ2) is 7.82. The third kappa shape index (κ3) is 4.54. The molecule has 1 fully saturated rings. The number of carbonyl (C=O) groups excluding carboxylic acids is 1. The van der Waals surface area contributed by atoms with E-state index in [4.69, 9.17) is 4.74 Å². The van der Waals surface area contributed by atoms with Crippen molar-refractivity contribution in [3.8, 4) is 0 Å². The predicted molar refractivity (Wildman–Crippen MR) is 108 cm³/mol. The lowest BCUT2D eigenvalue weighted by Crippen LogP contribution is -2.50. The molecule has 0 N–H and O–H groups in total. The largest absolute Gasteiger partial charge is 0.438 e. The van der Waals surface area contributed by atoms with Gasteiger partial charge in [0.1, 0.15) is 17.1 Å². The van der Waals surface area contributed by atoms with E-state index in [0.717, 1.165) is 10.0 Å². The van der Waals surface area contributed by atoms with E-state index in [1.165, 1.54) is 26.0 Å². The fraction of sp³-hybridized carbons (Fsp3) is 0.409. The lowest BCUT2D eigenvalue weighted by atomic mass is 9.80. The Morgan fingerprint density at radius 2 is 1.79 bits per heavy atom. The van der Waals surface area contributed by atoms with E-state index in [0.29, 0.717) is 18.5 Å². The summed E-state index contributed by atoms with van der Waals surface area (Å²) in [4.78, 5) is 14.6. The Morgan fingerprint density at radius 3 is 2.32 bits per heavy atom. The van der Waals surface area contributed by atoms with Crippen LogP contribution in [0.4, 0.5) is 13.6 Å². The number of nitrogens with zero attached hydrogens (tertiary/aromatic N) is 1. The summed E-state index contributed by atoms with van der Waals surface area (Å²) in [5.41, 5.74) is -1.06. The van der Waals surface area contributed by atoms with Gasteiger partial charge < -0.3 is 9.64 Å². The fourth-order valence-electron chi connectivity index (χ4n) is 3.80. The highest BCUT2D eigenvalue weighted by atomic mass is 79.9. The summed E-state index contributed by atoms with van der Waals surface area (Å²) in [5, 5.41) is 0. The van der Waals surface area contributed by atoms with Crippen molar-refractivity contribution in [3.63, 3.8) is 0 Å². The van der Waals surface area contributed by atoms with Gasteiger partial charge in [-0.3, -0.25) is 0 Å². The van der Waals surface area contributed by atoms with Gasteiger partial charge in [-0.25, -0.2) is 13.6 Å². The van der Waals surface area contributed by atoms with Gasteiger partial charge in [-0.15, -0.1) is 0 Å². The van der Waals surface area contributed by atoms with E-state index >= 15 is 0 Å². The standard InChI is InChI=1S/C22H24BrF2NO2/c1-15(16-4-8-18(23)9-5-16)26-13-12-22(28-20(26)27,14-21(2,3)25)17-6-10-19(24)11-7-17/h4-11,15H,12-14H2,1-3H3/t15-,22?/m0/s1. The van der Waals surface area contributed by atoms with Crippen molar-refractivity contribution in [1.82, 2.24) is 4.90 Å². The third-order valence-corrected chi connectivity index (χ3v) is 5.70. The molecule has 0 aromatic heterocycles. The molecule has 0 spiro atoms. The molecule has 150 valence electrons. The number of rotatable bonds is 5. The van der Waals surface area contributed by atoms with E-state index in [2.05, 4.69) is 15.9 Å². The zero-order valence-electron chi connectivity index (χ0n) is 16.2. The number of hydrogen-bond acceptors (Lipinski definition) is 2. The van der Waals surface area contributed by atoms with Crippen LogP contribution >= 0.6 is 15.9 Å². The van der Waals surface area contributed by atoms with Crippen LogP contribution in [-0.4, -0.2) is 23.2 Å². The van der Waals surface area contributed by atoms with Gasteiger partial charge in [0.25, 0.3) is 0 Å². The Labute approximate surface area is 172 Å². The lowest BCUT2D eigenvalue weighted by molar-refractivity contribution is -0.0862. The molecule has 3 nitrogen and oxygen atoms in total. The molecule has 3 rings (SSSR count). The van der Waals surface area contributed by atoms with Crippen molar-refractivity contribution in [1.29, 1.82) is 0 Å². The molecule has 0 aliphatic carbocycles. The van der Waals surface area contributed by atoms with E-state index < -0.39 is 17.4 Å². The van der Waals surface area contributed by atoms with Gasteiger partial charge in [0.15, 0.2) is 0 Å². The van der Waals surface area contributed by atoms with Crippen LogP contribution in [0.15, 0.2) is 53.0 Å². The first-order valence-corrected chi connectivity index (χ1v) is 10.1. The van der Waals surface area contributed by atoms with Gasteiger partial charge in [0.2, 0.25) is 0 Å². The summed E-state index contributed by atoms with van der Waals surface area (Å²) in [6.45, 7) is 5.28. The Hall–Kier alpha value is -1.95. The van der Waals surface area contributed by atoms with E-state index in [1.807, 2.05) is 31.2 Å². The summed E-state index contributed by atoms with van der Waals surface area (Å²) in [5.74, 6) is -0.383. The maximum absolute atomic E-state index is 14.6. The highest BCUT2D eigenvalue weighted by molar-refractivity contribution is 9.10. The second-order valence-electron chi connectivity index (χ2n) is 7.94. The van der Waals surface area contributed by atoms with Crippen LogP contribution in [0, 0.1) is 5.82 Å². The molecule has 0 radical (unpaired) electrons. The number of ether oxygens (including phenoxy) is 1. The Morgan fingerprint density at radius 1 is 1.18 bits per heavy atom. The summed E-state index contributed by atoms with van der Waals surface area (Å²) in [7, 11) is 0. The molecule has 2 aromatic rings. The van der Waals surface area contributed by atoms with Gasteiger partial charge in [0.05, 0.1) is 6.04 Å². The number of hydrogen-bond donors (Lipinski definition) is 0. The van der Waals surface area contributed by atoms with E-state index in [1.54, 1.807) is 17.0 Å². The predicted octanol–water partition coefficient (Wildman–Crippen LogP) is 6.53. The quantitative estimate of drug-likeness (QED) is 0.517. The number of amides is 1.